The van der Waals surface area contributed by atoms with E-state index in [2.05, 4.69) is 93.4 Å². The number of benzene rings is 2. The van der Waals surface area contributed by atoms with Gasteiger partial charge in [-0.1, -0.05) is 90.1 Å². The first-order valence-corrected chi connectivity index (χ1v) is 13.0. The number of fused-ring (bicyclic) bond motifs is 3. The van der Waals surface area contributed by atoms with Gasteiger partial charge in [-0.2, -0.15) is 0 Å². The van der Waals surface area contributed by atoms with Gasteiger partial charge in [0.2, 0.25) is 0 Å². The zero-order chi connectivity index (χ0) is 22.7. The van der Waals surface area contributed by atoms with Crippen LogP contribution in [0, 0.1) is 0 Å². The Bertz CT molecular complexity index is 959. The Morgan fingerprint density at radius 2 is 1.75 bits per heavy atom. The molecule has 0 spiro atoms. The zero-order valence-electron chi connectivity index (χ0n) is 21.0. The van der Waals surface area contributed by atoms with Gasteiger partial charge in [-0.3, -0.25) is 5.01 Å². The van der Waals surface area contributed by atoms with E-state index in [-0.39, 0.29) is 5.41 Å². The largest absolute Gasteiger partial charge is 0.282 e. The van der Waals surface area contributed by atoms with Crippen molar-refractivity contribution < 1.29 is 0 Å². The minimum Gasteiger partial charge on any atom is -0.282 e. The highest BCUT2D eigenvalue weighted by molar-refractivity contribution is 5.84. The predicted octanol–water partition coefficient (Wildman–Crippen LogP) is 8.42. The van der Waals surface area contributed by atoms with E-state index in [1.807, 2.05) is 0 Å². The van der Waals surface area contributed by atoms with Gasteiger partial charge in [0.15, 0.2) is 0 Å². The van der Waals surface area contributed by atoms with E-state index in [0.717, 1.165) is 6.54 Å². The fraction of sp³-hybridized carbons (Fsp3) is 0.533. The quantitative estimate of drug-likeness (QED) is 0.349. The minimum absolute atomic E-state index is 0.0986. The molecular formula is C30H42N2. The molecule has 2 aromatic carbocycles. The number of nitrogens with zero attached hydrogens (tertiary/aromatic N) is 2. The normalized spacial score (nSPS) is 20.6. The maximum atomic E-state index is 2.57. The molecule has 32 heavy (non-hydrogen) atoms. The molecule has 2 heteroatoms. The number of hydrazine groups is 1. The summed E-state index contributed by atoms with van der Waals surface area (Å²) >= 11 is 0. The Hall–Kier alpha value is -2.06. The lowest BCUT2D eigenvalue weighted by Gasteiger charge is -2.33. The van der Waals surface area contributed by atoms with Crippen LogP contribution in [0.25, 0.3) is 11.1 Å². The molecule has 0 radical (unpaired) electrons. The van der Waals surface area contributed by atoms with Crippen molar-refractivity contribution in [2.24, 2.45) is 0 Å². The summed E-state index contributed by atoms with van der Waals surface area (Å²) in [5, 5.41) is 4.74. The standard InChI is InChI=1S/C30H42N2/c1-6-9-10-13-18-30(4)27-17-12-11-16-24(27)26-21-25(23(8-3)15-7-2)29(22-28(26)30)32-20-14-19-31(32)5/h11-12,14,16-17,20-23H,6-10,13,15,18-19H2,1-5H3. The number of hydrogen-bond acceptors (Lipinski definition) is 2. The highest BCUT2D eigenvalue weighted by atomic mass is 15.6. The number of anilines is 1. The van der Waals surface area contributed by atoms with Crippen molar-refractivity contribution in [3.63, 3.8) is 0 Å². The van der Waals surface area contributed by atoms with Gasteiger partial charge >= 0.3 is 0 Å². The van der Waals surface area contributed by atoms with Crippen LogP contribution in [-0.4, -0.2) is 18.6 Å². The molecule has 0 bridgehead atoms. The van der Waals surface area contributed by atoms with Crippen molar-refractivity contribution in [1.82, 2.24) is 5.01 Å². The van der Waals surface area contributed by atoms with E-state index in [1.54, 1.807) is 0 Å². The highest BCUT2D eigenvalue weighted by Crippen LogP contribution is 2.54. The summed E-state index contributed by atoms with van der Waals surface area (Å²) in [5.41, 5.74) is 9.03. The van der Waals surface area contributed by atoms with E-state index in [1.165, 1.54) is 84.9 Å². The van der Waals surface area contributed by atoms with Crippen LogP contribution < -0.4 is 5.01 Å². The Morgan fingerprint density at radius 1 is 0.938 bits per heavy atom. The second-order valence-electron chi connectivity index (χ2n) is 10.1. The van der Waals surface area contributed by atoms with E-state index in [0.29, 0.717) is 5.92 Å². The molecule has 2 aliphatic rings. The number of unbranched alkanes of at least 4 members (excludes halogenated alkanes) is 3. The molecule has 1 aliphatic heterocycles. The topological polar surface area (TPSA) is 6.48 Å². The zero-order valence-corrected chi connectivity index (χ0v) is 21.0. The van der Waals surface area contributed by atoms with Gasteiger partial charge in [0, 0.05) is 25.2 Å². The molecule has 1 aliphatic carbocycles. The summed E-state index contributed by atoms with van der Waals surface area (Å²) < 4.78 is 0. The van der Waals surface area contributed by atoms with Crippen molar-refractivity contribution in [3.05, 3.63) is 65.4 Å². The highest BCUT2D eigenvalue weighted by Gasteiger charge is 2.40. The molecule has 2 unspecified atom stereocenters. The van der Waals surface area contributed by atoms with Crippen LogP contribution in [0.1, 0.15) is 102 Å². The van der Waals surface area contributed by atoms with E-state index >= 15 is 0 Å². The molecule has 0 amide bonds. The molecule has 2 atom stereocenters. The molecule has 2 aromatic rings. The molecule has 172 valence electrons. The Labute approximate surface area is 196 Å². The molecule has 0 fully saturated rings. The van der Waals surface area contributed by atoms with Crippen LogP contribution >= 0.6 is 0 Å². The average molecular weight is 431 g/mol. The maximum Gasteiger partial charge on any atom is 0.0611 e. The summed E-state index contributed by atoms with van der Waals surface area (Å²) in [7, 11) is 2.20. The average Bonchev–Trinajstić information content (AvgIpc) is 3.34. The molecule has 0 saturated carbocycles. The van der Waals surface area contributed by atoms with Crippen molar-refractivity contribution in [3.8, 4) is 11.1 Å². The van der Waals surface area contributed by atoms with Crippen molar-refractivity contribution in [2.45, 2.75) is 90.4 Å². The molecular weight excluding hydrogens is 388 g/mol. The Kier molecular flexibility index (Phi) is 7.10. The summed E-state index contributed by atoms with van der Waals surface area (Å²) in [4.78, 5) is 0. The van der Waals surface area contributed by atoms with Gasteiger partial charge in [-0.15, -0.1) is 0 Å². The van der Waals surface area contributed by atoms with Gasteiger partial charge in [-0.05, 0) is 65.1 Å². The van der Waals surface area contributed by atoms with Crippen LogP contribution in [0.5, 0.6) is 0 Å². The van der Waals surface area contributed by atoms with Gasteiger partial charge in [-0.25, -0.2) is 5.01 Å². The molecule has 0 saturated heterocycles. The monoisotopic (exact) mass is 430 g/mol. The van der Waals surface area contributed by atoms with Crippen LogP contribution in [-0.2, 0) is 5.41 Å². The van der Waals surface area contributed by atoms with E-state index in [4.69, 9.17) is 0 Å². The fourth-order valence-corrected chi connectivity index (χ4v) is 6.02. The first kappa shape index (κ1) is 23.1. The van der Waals surface area contributed by atoms with Crippen LogP contribution in [0.4, 0.5) is 5.69 Å². The van der Waals surface area contributed by atoms with Gasteiger partial charge < -0.3 is 0 Å². The third-order valence-corrected chi connectivity index (χ3v) is 7.90. The molecule has 0 aromatic heterocycles. The number of hydrogen-bond donors (Lipinski definition) is 0. The van der Waals surface area contributed by atoms with Crippen molar-refractivity contribution in [1.29, 1.82) is 0 Å². The van der Waals surface area contributed by atoms with Gasteiger partial charge in [0.25, 0.3) is 0 Å². The molecule has 2 nitrogen and oxygen atoms in total. The van der Waals surface area contributed by atoms with Crippen LogP contribution in [0.2, 0.25) is 0 Å². The van der Waals surface area contributed by atoms with Gasteiger partial charge in [0.05, 0.1) is 5.69 Å². The Morgan fingerprint density at radius 3 is 2.44 bits per heavy atom. The summed E-state index contributed by atoms with van der Waals surface area (Å²) in [6.45, 7) is 10.5. The minimum atomic E-state index is 0.0986. The SMILES string of the molecule is CCCCCCC1(C)c2ccccc2-c2cc(C(CC)CCC)c(N3C=CCN3C)cc21. The lowest BCUT2D eigenvalue weighted by Crippen LogP contribution is -2.32. The van der Waals surface area contributed by atoms with Crippen LogP contribution in [0.3, 0.4) is 0 Å². The van der Waals surface area contributed by atoms with Crippen molar-refractivity contribution >= 4 is 5.69 Å². The third kappa shape index (κ3) is 4.03. The Balaban J connectivity index is 1.86. The second kappa shape index (κ2) is 9.83. The summed E-state index contributed by atoms with van der Waals surface area (Å²) in [6, 6.07) is 14.3. The van der Waals surface area contributed by atoms with Crippen LogP contribution in [0.15, 0.2) is 48.7 Å². The summed E-state index contributed by atoms with van der Waals surface area (Å²) in [5.74, 6) is 0.603. The number of rotatable bonds is 10. The molecule has 0 N–H and O–H groups in total. The first-order chi connectivity index (χ1) is 15.5. The lowest BCUT2D eigenvalue weighted by molar-refractivity contribution is 0.394. The van der Waals surface area contributed by atoms with E-state index < -0.39 is 0 Å². The fourth-order valence-electron chi connectivity index (χ4n) is 6.02. The van der Waals surface area contributed by atoms with E-state index in [9.17, 15) is 0 Å². The predicted molar refractivity (Wildman–Crippen MR) is 139 cm³/mol. The lowest BCUT2D eigenvalue weighted by atomic mass is 9.75. The number of likely N-dealkylation sites (N-methyl/N-ethyl adjacent to an activating group) is 1. The summed E-state index contributed by atoms with van der Waals surface area (Å²) in [6.07, 6.45) is 14.7. The third-order valence-electron chi connectivity index (χ3n) is 7.90. The van der Waals surface area contributed by atoms with Gasteiger partial charge in [0.1, 0.15) is 0 Å². The maximum absolute atomic E-state index is 2.57. The molecule has 1 heterocycles. The molecule has 4 rings (SSSR count). The first-order valence-electron chi connectivity index (χ1n) is 13.0. The smallest absolute Gasteiger partial charge is 0.0611 e. The van der Waals surface area contributed by atoms with Crippen molar-refractivity contribution in [2.75, 3.05) is 18.6 Å². The second-order valence-corrected chi connectivity index (χ2v) is 10.1.